The molecule has 0 amide bonds. The van der Waals surface area contributed by atoms with Crippen molar-refractivity contribution >= 4 is 0 Å². The fraction of sp³-hybridized carbons (Fsp3) is 0.700. The summed E-state index contributed by atoms with van der Waals surface area (Å²) in [6.07, 6.45) is 0.579. The van der Waals surface area contributed by atoms with Crippen molar-refractivity contribution in [2.75, 3.05) is 6.61 Å². The van der Waals surface area contributed by atoms with E-state index >= 15 is 0 Å². The summed E-state index contributed by atoms with van der Waals surface area (Å²) in [5.74, 6) is -1.52. The first-order valence-corrected chi connectivity index (χ1v) is 8.96. The molecule has 1 aromatic rings. The van der Waals surface area contributed by atoms with Crippen molar-refractivity contribution < 1.29 is 23.4 Å². The zero-order chi connectivity index (χ0) is 20.3. The van der Waals surface area contributed by atoms with Gasteiger partial charge in [-0.3, -0.25) is 0 Å². The van der Waals surface area contributed by atoms with Crippen molar-refractivity contribution in [1.82, 2.24) is 0 Å². The van der Waals surface area contributed by atoms with Crippen LogP contribution in [0.2, 0.25) is 0 Å². The van der Waals surface area contributed by atoms with E-state index < -0.39 is 23.8 Å². The molecule has 0 spiro atoms. The maximum Gasteiger partial charge on any atom is 0.135 e. The fourth-order valence-electron chi connectivity index (χ4n) is 1.76. The van der Waals surface area contributed by atoms with Crippen LogP contribution in [0, 0.1) is 11.6 Å². The highest BCUT2D eigenvalue weighted by atomic mass is 19.1. The Morgan fingerprint density at radius 2 is 1.36 bits per heavy atom. The van der Waals surface area contributed by atoms with Gasteiger partial charge in [0.25, 0.3) is 0 Å². The summed E-state index contributed by atoms with van der Waals surface area (Å²) in [6, 6.07) is 2.17. The predicted octanol–water partition coefficient (Wildman–Crippen LogP) is 5.87. The Bertz CT molecular complexity index is 457. The summed E-state index contributed by atoms with van der Waals surface area (Å²) >= 11 is 0. The summed E-state index contributed by atoms with van der Waals surface area (Å²) in [6.45, 7) is 17.3. The van der Waals surface area contributed by atoms with Crippen molar-refractivity contribution in [3.63, 3.8) is 0 Å². The van der Waals surface area contributed by atoms with Gasteiger partial charge in [0.05, 0.1) is 18.8 Å². The first kappa shape index (κ1) is 26.0. The van der Waals surface area contributed by atoms with Gasteiger partial charge in [-0.05, 0) is 34.6 Å². The molecule has 0 bridgehead atoms. The van der Waals surface area contributed by atoms with Crippen LogP contribution in [0.3, 0.4) is 0 Å². The smallest absolute Gasteiger partial charge is 0.135 e. The Labute approximate surface area is 152 Å². The summed E-state index contributed by atoms with van der Waals surface area (Å²) in [5.41, 5.74) is -1.21. The third kappa shape index (κ3) is 11.1. The van der Waals surface area contributed by atoms with Crippen LogP contribution >= 0.6 is 0 Å². The fourth-order valence-corrected chi connectivity index (χ4v) is 1.76. The second-order valence-electron chi connectivity index (χ2n) is 6.60. The van der Waals surface area contributed by atoms with Gasteiger partial charge in [0.1, 0.15) is 23.0 Å². The van der Waals surface area contributed by atoms with Crippen LogP contribution in [0.15, 0.2) is 12.1 Å². The first-order valence-electron chi connectivity index (χ1n) is 8.96. The maximum absolute atomic E-state index is 13.6. The van der Waals surface area contributed by atoms with Crippen molar-refractivity contribution in [1.29, 1.82) is 0 Å². The summed E-state index contributed by atoms with van der Waals surface area (Å²) in [7, 11) is 0. The number of halogens is 2. The zero-order valence-corrected chi connectivity index (χ0v) is 17.3. The van der Waals surface area contributed by atoms with Crippen LogP contribution in [-0.2, 0) is 11.3 Å². The third-order valence-corrected chi connectivity index (χ3v) is 2.91. The third-order valence-electron chi connectivity index (χ3n) is 2.91. The van der Waals surface area contributed by atoms with Crippen LogP contribution in [0.1, 0.15) is 74.3 Å². The second-order valence-corrected chi connectivity index (χ2v) is 6.60. The van der Waals surface area contributed by atoms with E-state index in [4.69, 9.17) is 14.6 Å². The van der Waals surface area contributed by atoms with Gasteiger partial charge in [-0.2, -0.15) is 0 Å². The topological polar surface area (TPSA) is 38.7 Å². The number of aliphatic hydroxyl groups excluding tert-OH is 1. The minimum Gasteiger partial charge on any atom is -0.488 e. The lowest BCUT2D eigenvalue weighted by Crippen LogP contribution is -2.32. The monoisotopic (exact) mass is 362 g/mol. The van der Waals surface area contributed by atoms with Gasteiger partial charge in [-0.1, -0.05) is 27.7 Å². The molecule has 0 atom stereocenters. The predicted molar refractivity (Wildman–Crippen MR) is 100 cm³/mol. The van der Waals surface area contributed by atoms with Gasteiger partial charge in [0.2, 0.25) is 0 Å². The highest BCUT2D eigenvalue weighted by Gasteiger charge is 2.23. The molecule has 0 radical (unpaired) electrons. The lowest BCUT2D eigenvalue weighted by Gasteiger charge is -2.28. The van der Waals surface area contributed by atoms with E-state index in [0.29, 0.717) is 13.0 Å². The van der Waals surface area contributed by atoms with Crippen LogP contribution in [-0.4, -0.2) is 22.9 Å². The summed E-state index contributed by atoms with van der Waals surface area (Å²) < 4.78 is 38.4. The molecule has 0 aromatic heterocycles. The van der Waals surface area contributed by atoms with E-state index in [-0.39, 0.29) is 16.9 Å². The Morgan fingerprint density at radius 1 is 0.920 bits per heavy atom. The molecule has 1 N–H and O–H groups in total. The van der Waals surface area contributed by atoms with Crippen molar-refractivity contribution in [2.24, 2.45) is 0 Å². The lowest BCUT2D eigenvalue weighted by atomic mass is 10.1. The van der Waals surface area contributed by atoms with Crippen molar-refractivity contribution in [2.45, 2.75) is 86.5 Å². The molecular weight excluding hydrogens is 326 g/mol. The molecule has 3 nitrogen and oxygen atoms in total. The van der Waals surface area contributed by atoms with E-state index in [9.17, 15) is 8.78 Å². The normalized spacial score (nSPS) is 11.0. The van der Waals surface area contributed by atoms with E-state index in [1.165, 1.54) is 0 Å². The van der Waals surface area contributed by atoms with Gasteiger partial charge in [-0.25, -0.2) is 8.78 Å². The van der Waals surface area contributed by atoms with Crippen molar-refractivity contribution in [3.8, 4) is 5.75 Å². The largest absolute Gasteiger partial charge is 0.488 e. The number of rotatable bonds is 6. The highest BCUT2D eigenvalue weighted by molar-refractivity contribution is 5.30. The quantitative estimate of drug-likeness (QED) is 0.687. The number of benzene rings is 1. The molecule has 0 saturated heterocycles. The van der Waals surface area contributed by atoms with E-state index in [2.05, 4.69) is 0 Å². The molecule has 0 aliphatic heterocycles. The Hall–Kier alpha value is -1.20. The molecule has 0 fully saturated rings. The number of hydrogen-bond donors (Lipinski definition) is 1. The summed E-state index contributed by atoms with van der Waals surface area (Å²) in [4.78, 5) is 0. The lowest BCUT2D eigenvalue weighted by molar-refractivity contribution is -0.0293. The minimum absolute atomic E-state index is 0.1000. The van der Waals surface area contributed by atoms with Gasteiger partial charge >= 0.3 is 0 Å². The summed E-state index contributed by atoms with van der Waals surface area (Å²) in [5, 5.41) is 8.88. The molecule has 0 saturated carbocycles. The standard InChI is InChI=1S/C16H24F2O3.2C2H6/c1-15(2,3)20-7-6-16(4,5)21-11-8-13(17)12(10-19)14(18)9-11;2*1-2/h8-9,19H,6-7,10H2,1-5H3;2*1-2H3. The zero-order valence-electron chi connectivity index (χ0n) is 17.3. The van der Waals surface area contributed by atoms with E-state index in [1.807, 2.05) is 62.3 Å². The molecule has 0 unspecified atom stereocenters. The van der Waals surface area contributed by atoms with E-state index in [1.54, 1.807) is 0 Å². The molecule has 1 aromatic carbocycles. The Morgan fingerprint density at radius 3 is 1.72 bits per heavy atom. The first-order chi connectivity index (χ1) is 11.5. The molecule has 5 heteroatoms. The van der Waals surface area contributed by atoms with Gasteiger partial charge in [0, 0.05) is 24.1 Å². The molecule has 148 valence electrons. The second kappa shape index (κ2) is 12.2. The van der Waals surface area contributed by atoms with Crippen LogP contribution in [0.4, 0.5) is 8.78 Å². The van der Waals surface area contributed by atoms with Crippen molar-refractivity contribution in [3.05, 3.63) is 29.3 Å². The van der Waals surface area contributed by atoms with Gasteiger partial charge in [-0.15, -0.1) is 0 Å². The SMILES string of the molecule is CC.CC.CC(C)(C)OCCC(C)(C)Oc1cc(F)c(CO)c(F)c1. The molecule has 0 heterocycles. The number of ether oxygens (including phenoxy) is 2. The van der Waals surface area contributed by atoms with Crippen LogP contribution in [0.5, 0.6) is 5.75 Å². The van der Waals surface area contributed by atoms with Gasteiger partial charge in [0.15, 0.2) is 0 Å². The Kier molecular flexibility index (Phi) is 12.7. The van der Waals surface area contributed by atoms with Crippen LogP contribution < -0.4 is 4.74 Å². The Balaban J connectivity index is 0. The van der Waals surface area contributed by atoms with Gasteiger partial charge < -0.3 is 14.6 Å². The molecular formula is C20H36F2O3. The minimum atomic E-state index is -0.811. The average molecular weight is 363 g/mol. The molecule has 25 heavy (non-hydrogen) atoms. The average Bonchev–Trinajstić information content (AvgIpc) is 2.49. The molecule has 1 rings (SSSR count). The highest BCUT2D eigenvalue weighted by Crippen LogP contribution is 2.26. The van der Waals surface area contributed by atoms with E-state index in [0.717, 1.165) is 12.1 Å². The maximum atomic E-state index is 13.6. The molecule has 0 aliphatic rings. The number of aliphatic hydroxyl groups is 1. The number of hydrogen-bond acceptors (Lipinski definition) is 3. The molecule has 0 aliphatic carbocycles. The van der Waals surface area contributed by atoms with Crippen LogP contribution in [0.25, 0.3) is 0 Å².